The van der Waals surface area contributed by atoms with Gasteiger partial charge in [0.1, 0.15) is 6.54 Å². The molecule has 0 unspecified atom stereocenters. The highest BCUT2D eigenvalue weighted by molar-refractivity contribution is 7.89. The third-order valence-electron chi connectivity index (χ3n) is 5.08. The molecule has 3 rings (SSSR count). The molecule has 0 amide bonds. The van der Waals surface area contributed by atoms with Crippen molar-refractivity contribution in [3.63, 3.8) is 0 Å². The smallest absolute Gasteiger partial charge is 0.244 e. The molecule has 8 nitrogen and oxygen atoms in total. The van der Waals surface area contributed by atoms with E-state index in [2.05, 4.69) is 22.4 Å². The van der Waals surface area contributed by atoms with Crippen molar-refractivity contribution in [2.45, 2.75) is 52.1 Å². The Balaban J connectivity index is 1.69. The molecular formula is C18H29N6O2S+. The van der Waals surface area contributed by atoms with E-state index in [0.717, 1.165) is 55.1 Å². The maximum atomic E-state index is 13.2. The zero-order valence-corrected chi connectivity index (χ0v) is 17.4. The van der Waals surface area contributed by atoms with Crippen LogP contribution in [0, 0.1) is 20.8 Å². The number of nitrogens with zero attached hydrogens (tertiary/aromatic N) is 5. The molecule has 1 saturated heterocycles. The fourth-order valence-corrected chi connectivity index (χ4v) is 5.73. The van der Waals surface area contributed by atoms with E-state index in [1.54, 1.807) is 4.31 Å². The molecule has 1 fully saturated rings. The number of rotatable bonds is 6. The Bertz CT molecular complexity index is 877. The highest BCUT2D eigenvalue weighted by Gasteiger charge is 2.33. The Morgan fingerprint density at radius 1 is 1.11 bits per heavy atom. The molecule has 0 saturated carbocycles. The van der Waals surface area contributed by atoms with E-state index < -0.39 is 10.0 Å². The van der Waals surface area contributed by atoms with Crippen LogP contribution in [0.4, 0.5) is 0 Å². The van der Waals surface area contributed by atoms with Crippen LogP contribution in [0.15, 0.2) is 17.0 Å². The Morgan fingerprint density at radius 3 is 2.33 bits per heavy atom. The SMILES string of the molecule is CCCn1nnnc1C[NH+]1CCN(S(=O)(=O)c2c(C)cc(C)cc2C)CC1. The van der Waals surface area contributed by atoms with Gasteiger partial charge in [-0.1, -0.05) is 24.6 Å². The second-order valence-electron chi connectivity index (χ2n) is 7.38. The minimum Gasteiger partial charge on any atom is -0.326 e. The first-order valence-corrected chi connectivity index (χ1v) is 10.9. The minimum atomic E-state index is -3.47. The highest BCUT2D eigenvalue weighted by Crippen LogP contribution is 2.25. The lowest BCUT2D eigenvalue weighted by Gasteiger charge is -2.32. The van der Waals surface area contributed by atoms with Gasteiger partial charge in [-0.25, -0.2) is 13.1 Å². The maximum absolute atomic E-state index is 13.2. The van der Waals surface area contributed by atoms with E-state index >= 15 is 0 Å². The van der Waals surface area contributed by atoms with E-state index in [4.69, 9.17) is 0 Å². The van der Waals surface area contributed by atoms with Crippen LogP contribution in [0.1, 0.15) is 35.9 Å². The molecule has 1 N–H and O–H groups in total. The number of benzene rings is 1. The molecule has 1 aliphatic heterocycles. The quantitative estimate of drug-likeness (QED) is 0.752. The van der Waals surface area contributed by atoms with Gasteiger partial charge < -0.3 is 4.90 Å². The number of aryl methyl sites for hydroxylation is 4. The first kappa shape index (κ1) is 19.9. The summed E-state index contributed by atoms with van der Waals surface area (Å²) in [6, 6.07) is 3.88. The molecule has 0 radical (unpaired) electrons. The summed E-state index contributed by atoms with van der Waals surface area (Å²) in [6.45, 7) is 11.9. The van der Waals surface area contributed by atoms with E-state index in [1.807, 2.05) is 37.6 Å². The monoisotopic (exact) mass is 393 g/mol. The number of sulfonamides is 1. The van der Waals surface area contributed by atoms with Crippen LogP contribution in [0.3, 0.4) is 0 Å². The molecular weight excluding hydrogens is 364 g/mol. The van der Waals surface area contributed by atoms with Gasteiger partial charge in [0, 0.05) is 6.54 Å². The van der Waals surface area contributed by atoms with Gasteiger partial charge in [0.25, 0.3) is 0 Å². The molecule has 148 valence electrons. The van der Waals surface area contributed by atoms with Crippen molar-refractivity contribution in [1.29, 1.82) is 0 Å². The van der Waals surface area contributed by atoms with Gasteiger partial charge in [-0.15, -0.1) is 5.10 Å². The van der Waals surface area contributed by atoms with Gasteiger partial charge in [0.15, 0.2) is 0 Å². The van der Waals surface area contributed by atoms with Crippen LogP contribution >= 0.6 is 0 Å². The normalized spacial score (nSPS) is 16.7. The molecule has 0 aliphatic carbocycles. The number of quaternary nitrogens is 1. The molecule has 1 aliphatic rings. The lowest BCUT2D eigenvalue weighted by molar-refractivity contribution is -0.918. The van der Waals surface area contributed by atoms with Crippen molar-refractivity contribution in [2.75, 3.05) is 26.2 Å². The van der Waals surface area contributed by atoms with Crippen LogP contribution in [0.25, 0.3) is 0 Å². The van der Waals surface area contributed by atoms with Gasteiger partial charge in [-0.2, -0.15) is 4.31 Å². The molecule has 27 heavy (non-hydrogen) atoms. The molecule has 2 heterocycles. The summed E-state index contributed by atoms with van der Waals surface area (Å²) >= 11 is 0. The Kier molecular flexibility index (Phi) is 5.92. The predicted octanol–water partition coefficient (Wildman–Crippen LogP) is 0.0978. The predicted molar refractivity (Wildman–Crippen MR) is 102 cm³/mol. The zero-order valence-electron chi connectivity index (χ0n) is 16.6. The number of hydrogen-bond donors (Lipinski definition) is 1. The fraction of sp³-hybridized carbons (Fsp3) is 0.611. The first-order valence-electron chi connectivity index (χ1n) is 9.49. The first-order chi connectivity index (χ1) is 12.8. The van der Waals surface area contributed by atoms with E-state index in [0.29, 0.717) is 18.0 Å². The van der Waals surface area contributed by atoms with Crippen molar-refractivity contribution in [2.24, 2.45) is 0 Å². The maximum Gasteiger partial charge on any atom is 0.244 e. The summed E-state index contributed by atoms with van der Waals surface area (Å²) in [5.41, 5.74) is 2.73. The van der Waals surface area contributed by atoms with E-state index in [9.17, 15) is 8.42 Å². The summed E-state index contributed by atoms with van der Waals surface area (Å²) in [5.74, 6) is 0.869. The molecule has 0 bridgehead atoms. The summed E-state index contributed by atoms with van der Waals surface area (Å²) in [6.07, 6.45) is 0.981. The van der Waals surface area contributed by atoms with Gasteiger partial charge in [-0.3, -0.25) is 0 Å². The van der Waals surface area contributed by atoms with Crippen LogP contribution in [0.5, 0.6) is 0 Å². The molecule has 1 aromatic carbocycles. The van der Waals surface area contributed by atoms with Crippen LogP contribution < -0.4 is 4.90 Å². The van der Waals surface area contributed by atoms with Crippen molar-refractivity contribution in [1.82, 2.24) is 24.5 Å². The average Bonchev–Trinajstić information content (AvgIpc) is 3.01. The summed E-state index contributed by atoms with van der Waals surface area (Å²) in [7, 11) is -3.47. The van der Waals surface area contributed by atoms with Crippen molar-refractivity contribution >= 4 is 10.0 Å². The van der Waals surface area contributed by atoms with Gasteiger partial charge in [0.2, 0.25) is 15.8 Å². The molecule has 1 aromatic heterocycles. The van der Waals surface area contributed by atoms with Crippen molar-refractivity contribution in [3.8, 4) is 0 Å². The van der Waals surface area contributed by atoms with Crippen LogP contribution in [-0.2, 0) is 23.1 Å². The minimum absolute atomic E-state index is 0.462. The number of hydrogen-bond acceptors (Lipinski definition) is 5. The van der Waals surface area contributed by atoms with Gasteiger partial charge >= 0.3 is 0 Å². The Morgan fingerprint density at radius 2 is 1.74 bits per heavy atom. The van der Waals surface area contributed by atoms with E-state index in [1.165, 1.54) is 4.90 Å². The van der Waals surface area contributed by atoms with Crippen molar-refractivity contribution < 1.29 is 13.3 Å². The lowest BCUT2D eigenvalue weighted by Crippen LogP contribution is -3.13. The van der Waals surface area contributed by atoms with Gasteiger partial charge in [-0.05, 0) is 48.7 Å². The number of nitrogens with one attached hydrogen (secondary N) is 1. The molecule has 0 spiro atoms. The zero-order chi connectivity index (χ0) is 19.6. The molecule has 9 heteroatoms. The number of tetrazole rings is 1. The number of piperazine rings is 1. The summed E-state index contributed by atoms with van der Waals surface area (Å²) < 4.78 is 29.8. The van der Waals surface area contributed by atoms with Gasteiger partial charge in [0.05, 0.1) is 31.1 Å². The molecule has 2 aromatic rings. The third-order valence-corrected chi connectivity index (χ3v) is 7.29. The molecule has 0 atom stereocenters. The van der Waals surface area contributed by atoms with Crippen molar-refractivity contribution in [3.05, 3.63) is 34.6 Å². The number of aromatic nitrogens is 4. The lowest BCUT2D eigenvalue weighted by atomic mass is 10.1. The fourth-order valence-electron chi connectivity index (χ4n) is 3.88. The highest BCUT2D eigenvalue weighted by atomic mass is 32.2. The third kappa shape index (κ3) is 4.20. The van der Waals surface area contributed by atoms with Crippen LogP contribution in [0.2, 0.25) is 0 Å². The standard InChI is InChI=1S/C18H28N6O2S/c1-5-6-24-17(19-20-21-24)13-22-7-9-23(10-8-22)27(25,26)18-15(3)11-14(2)12-16(18)4/h11-12H,5-10,13H2,1-4H3/p+1. The average molecular weight is 394 g/mol. The Hall–Kier alpha value is -1.84. The second kappa shape index (κ2) is 8.04. The Labute approximate surface area is 161 Å². The van der Waals surface area contributed by atoms with E-state index in [-0.39, 0.29) is 0 Å². The van der Waals surface area contributed by atoms with Crippen LogP contribution in [-0.4, -0.2) is 59.1 Å². The summed E-state index contributed by atoms with van der Waals surface area (Å²) in [4.78, 5) is 1.77. The summed E-state index contributed by atoms with van der Waals surface area (Å²) in [5, 5.41) is 11.9. The second-order valence-corrected chi connectivity index (χ2v) is 9.25. The topological polar surface area (TPSA) is 85.4 Å². The largest absolute Gasteiger partial charge is 0.326 e.